The lowest BCUT2D eigenvalue weighted by Gasteiger charge is -2.22. The van der Waals surface area contributed by atoms with Gasteiger partial charge >= 0.3 is 0 Å². The fraction of sp³-hybridized carbons (Fsp3) is 0.600. The van der Waals surface area contributed by atoms with Crippen LogP contribution in [-0.4, -0.2) is 6.54 Å². The van der Waals surface area contributed by atoms with Crippen molar-refractivity contribution >= 4 is 11.6 Å². The summed E-state index contributed by atoms with van der Waals surface area (Å²) >= 11 is 6.22. The second-order valence-corrected chi connectivity index (χ2v) is 5.52. The number of hydrogen-bond donors (Lipinski definition) is 1. The molecule has 0 heterocycles. The van der Waals surface area contributed by atoms with E-state index in [4.69, 9.17) is 11.6 Å². The molecule has 18 heavy (non-hydrogen) atoms. The highest BCUT2D eigenvalue weighted by Gasteiger charge is 2.23. The molecule has 1 atom stereocenters. The zero-order chi connectivity index (χ0) is 13.1. The molecule has 0 aliphatic heterocycles. The summed E-state index contributed by atoms with van der Waals surface area (Å²) in [6, 6.07) is 1.73. The van der Waals surface area contributed by atoms with Crippen molar-refractivity contribution in [1.82, 2.24) is 5.32 Å². The number of rotatable bonds is 3. The first-order valence-corrected chi connectivity index (χ1v) is 7.23. The average Bonchev–Trinajstić information content (AvgIpc) is 2.56. The van der Waals surface area contributed by atoms with Crippen LogP contribution in [0.1, 0.15) is 55.3 Å². The molecule has 1 N–H and O–H groups in total. The van der Waals surface area contributed by atoms with E-state index in [0.717, 1.165) is 48.9 Å². The topological polar surface area (TPSA) is 12.0 Å². The lowest BCUT2D eigenvalue weighted by atomic mass is 9.93. The Balaban J connectivity index is 2.44. The van der Waals surface area contributed by atoms with Crippen LogP contribution in [0, 0.1) is 12.7 Å². The second-order valence-electron chi connectivity index (χ2n) is 5.11. The van der Waals surface area contributed by atoms with Gasteiger partial charge in [-0.25, -0.2) is 4.39 Å². The van der Waals surface area contributed by atoms with E-state index in [2.05, 4.69) is 12.2 Å². The number of fused-ring (bicyclic) bond motifs is 1. The summed E-state index contributed by atoms with van der Waals surface area (Å²) in [5.74, 6) is -0.177. The van der Waals surface area contributed by atoms with E-state index >= 15 is 0 Å². The maximum Gasteiger partial charge on any atom is 0.127 e. The largest absolute Gasteiger partial charge is 0.310 e. The fourth-order valence-corrected chi connectivity index (χ4v) is 3.13. The standard InChI is InChI=1S/C15H21ClFN/c1-3-8-18-14-7-5-4-6-11-12(16)9-13(17)10(2)15(11)14/h9,14,18H,3-8H2,1-2H3. The Hall–Kier alpha value is -0.600. The summed E-state index contributed by atoms with van der Waals surface area (Å²) in [7, 11) is 0. The first-order valence-electron chi connectivity index (χ1n) is 6.86. The third-order valence-electron chi connectivity index (χ3n) is 3.79. The van der Waals surface area contributed by atoms with Gasteiger partial charge in [-0.3, -0.25) is 0 Å². The van der Waals surface area contributed by atoms with E-state index in [1.165, 1.54) is 12.5 Å². The minimum absolute atomic E-state index is 0.177. The predicted octanol–water partition coefficient (Wildman–Crippen LogP) is 4.55. The van der Waals surface area contributed by atoms with Crippen molar-refractivity contribution in [2.45, 2.75) is 52.0 Å². The van der Waals surface area contributed by atoms with Crippen LogP contribution in [-0.2, 0) is 6.42 Å². The van der Waals surface area contributed by atoms with Gasteiger partial charge in [0.1, 0.15) is 5.82 Å². The molecule has 0 bridgehead atoms. The van der Waals surface area contributed by atoms with Gasteiger partial charge in [0.25, 0.3) is 0 Å². The van der Waals surface area contributed by atoms with E-state index in [0.29, 0.717) is 5.02 Å². The Morgan fingerprint density at radius 2 is 2.22 bits per heavy atom. The Bertz CT molecular complexity index is 431. The summed E-state index contributed by atoms with van der Waals surface area (Å²) < 4.78 is 13.9. The minimum Gasteiger partial charge on any atom is -0.310 e. The number of hydrogen-bond acceptors (Lipinski definition) is 1. The van der Waals surface area contributed by atoms with Crippen molar-refractivity contribution in [3.63, 3.8) is 0 Å². The van der Waals surface area contributed by atoms with Gasteiger partial charge in [0, 0.05) is 11.1 Å². The van der Waals surface area contributed by atoms with Crippen molar-refractivity contribution in [3.8, 4) is 0 Å². The van der Waals surface area contributed by atoms with Gasteiger partial charge in [-0.15, -0.1) is 0 Å². The smallest absolute Gasteiger partial charge is 0.127 e. The van der Waals surface area contributed by atoms with Gasteiger partial charge < -0.3 is 5.32 Å². The zero-order valence-electron chi connectivity index (χ0n) is 11.2. The molecule has 2 rings (SSSR count). The van der Waals surface area contributed by atoms with Crippen molar-refractivity contribution in [3.05, 3.63) is 33.6 Å². The van der Waals surface area contributed by atoms with Crippen LogP contribution in [0.4, 0.5) is 4.39 Å². The summed E-state index contributed by atoms with van der Waals surface area (Å²) in [5, 5.41) is 4.13. The quantitative estimate of drug-likeness (QED) is 0.794. The molecule has 1 aromatic rings. The summed E-state index contributed by atoms with van der Waals surface area (Å²) in [4.78, 5) is 0. The maximum absolute atomic E-state index is 13.9. The molecule has 0 fully saturated rings. The number of halogens is 2. The lowest BCUT2D eigenvalue weighted by Crippen LogP contribution is -2.23. The molecule has 1 unspecified atom stereocenters. The molecule has 0 aromatic heterocycles. The second kappa shape index (κ2) is 6.03. The highest BCUT2D eigenvalue weighted by atomic mass is 35.5. The summed E-state index contributed by atoms with van der Waals surface area (Å²) in [5.41, 5.74) is 3.04. The molecular weight excluding hydrogens is 249 g/mol. The zero-order valence-corrected chi connectivity index (χ0v) is 11.9. The Morgan fingerprint density at radius 1 is 1.44 bits per heavy atom. The summed E-state index contributed by atoms with van der Waals surface area (Å²) in [6.07, 6.45) is 5.46. The fourth-order valence-electron chi connectivity index (χ4n) is 2.83. The van der Waals surface area contributed by atoms with Crippen molar-refractivity contribution in [2.24, 2.45) is 0 Å². The molecule has 0 amide bonds. The molecular formula is C15H21ClFN. The van der Waals surface area contributed by atoms with Crippen LogP contribution in [0.15, 0.2) is 6.07 Å². The van der Waals surface area contributed by atoms with E-state index in [1.54, 1.807) is 0 Å². The van der Waals surface area contributed by atoms with Gasteiger partial charge in [-0.05, 0) is 61.9 Å². The van der Waals surface area contributed by atoms with E-state index in [9.17, 15) is 4.39 Å². The van der Waals surface area contributed by atoms with Gasteiger partial charge in [0.2, 0.25) is 0 Å². The van der Waals surface area contributed by atoms with Crippen molar-refractivity contribution in [1.29, 1.82) is 0 Å². The average molecular weight is 270 g/mol. The molecule has 0 saturated heterocycles. The highest BCUT2D eigenvalue weighted by molar-refractivity contribution is 6.31. The molecule has 1 nitrogen and oxygen atoms in total. The number of nitrogens with one attached hydrogen (secondary N) is 1. The number of benzene rings is 1. The molecule has 0 spiro atoms. The van der Waals surface area contributed by atoms with Gasteiger partial charge in [0.15, 0.2) is 0 Å². The van der Waals surface area contributed by atoms with E-state index < -0.39 is 0 Å². The predicted molar refractivity (Wildman–Crippen MR) is 74.7 cm³/mol. The van der Waals surface area contributed by atoms with Crippen LogP contribution in [0.5, 0.6) is 0 Å². The van der Waals surface area contributed by atoms with Crippen LogP contribution in [0.2, 0.25) is 5.02 Å². The first-order chi connectivity index (χ1) is 8.65. The van der Waals surface area contributed by atoms with Gasteiger partial charge in [-0.1, -0.05) is 24.9 Å². The van der Waals surface area contributed by atoms with Gasteiger partial charge in [-0.2, -0.15) is 0 Å². The molecule has 100 valence electrons. The molecule has 0 saturated carbocycles. The lowest BCUT2D eigenvalue weighted by molar-refractivity contribution is 0.484. The van der Waals surface area contributed by atoms with Crippen LogP contribution in [0.3, 0.4) is 0 Å². The normalized spacial score (nSPS) is 19.4. The third-order valence-corrected chi connectivity index (χ3v) is 4.13. The first kappa shape index (κ1) is 13.8. The summed E-state index contributed by atoms with van der Waals surface area (Å²) in [6.45, 7) is 4.99. The van der Waals surface area contributed by atoms with Crippen molar-refractivity contribution < 1.29 is 4.39 Å². The van der Waals surface area contributed by atoms with Crippen LogP contribution < -0.4 is 5.32 Å². The molecule has 1 aromatic carbocycles. The molecule has 1 aliphatic carbocycles. The van der Waals surface area contributed by atoms with Crippen LogP contribution in [0.25, 0.3) is 0 Å². The SMILES string of the molecule is CCCNC1CCCCc2c(Cl)cc(F)c(C)c21. The van der Waals surface area contributed by atoms with E-state index in [1.807, 2.05) is 6.92 Å². The Kier molecular flexibility index (Phi) is 4.63. The van der Waals surface area contributed by atoms with Crippen LogP contribution >= 0.6 is 11.6 Å². The van der Waals surface area contributed by atoms with Crippen molar-refractivity contribution in [2.75, 3.05) is 6.54 Å². The third kappa shape index (κ3) is 2.70. The Labute approximate surface area is 114 Å². The molecule has 0 radical (unpaired) electrons. The van der Waals surface area contributed by atoms with Gasteiger partial charge in [0.05, 0.1) is 0 Å². The molecule has 1 aliphatic rings. The highest BCUT2D eigenvalue weighted by Crippen LogP contribution is 2.36. The monoisotopic (exact) mass is 269 g/mol. The molecule has 3 heteroatoms. The maximum atomic E-state index is 13.9. The Morgan fingerprint density at radius 3 is 2.94 bits per heavy atom. The minimum atomic E-state index is -0.177. The van der Waals surface area contributed by atoms with E-state index in [-0.39, 0.29) is 11.9 Å².